The van der Waals surface area contributed by atoms with E-state index < -0.39 is 0 Å². The van der Waals surface area contributed by atoms with Crippen LogP contribution in [0.4, 0.5) is 0 Å². The van der Waals surface area contributed by atoms with E-state index in [1.807, 2.05) is 32.0 Å². The number of nitrogens with two attached hydrogens (primary N) is 1. The quantitative estimate of drug-likeness (QED) is 0.815. The summed E-state index contributed by atoms with van der Waals surface area (Å²) in [5.41, 5.74) is 7.45. The molecule has 0 saturated heterocycles. The molecule has 5 heteroatoms. The first kappa shape index (κ1) is 11.9. The Morgan fingerprint density at radius 2 is 2.35 bits per heavy atom. The number of H-pyrrole nitrogens is 1. The van der Waals surface area contributed by atoms with Crippen LogP contribution in [0.1, 0.15) is 12.7 Å². The van der Waals surface area contributed by atoms with E-state index in [2.05, 4.69) is 9.97 Å². The van der Waals surface area contributed by atoms with E-state index in [0.717, 1.165) is 22.6 Å². The Hall–Kier alpha value is -1.62. The molecule has 17 heavy (non-hydrogen) atoms. The van der Waals surface area contributed by atoms with Crippen LogP contribution in [0.2, 0.25) is 0 Å². The van der Waals surface area contributed by atoms with Crippen molar-refractivity contribution in [1.29, 1.82) is 0 Å². The van der Waals surface area contributed by atoms with Gasteiger partial charge in [0.1, 0.15) is 11.6 Å². The average molecular weight is 249 g/mol. The Morgan fingerprint density at radius 3 is 3.06 bits per heavy atom. The van der Waals surface area contributed by atoms with Crippen molar-refractivity contribution in [3.05, 3.63) is 24.0 Å². The molecule has 1 aromatic carbocycles. The molecule has 2 aromatic rings. The zero-order valence-electron chi connectivity index (χ0n) is 9.86. The Kier molecular flexibility index (Phi) is 3.28. The first-order chi connectivity index (χ1) is 8.06. The Balaban J connectivity index is 2.11. The van der Waals surface area contributed by atoms with Gasteiger partial charge in [-0.15, -0.1) is 0 Å². The SMILES string of the molecule is Cc1nc2ccc(OCC(C)C(N)=S)cc2[nH]1. The minimum atomic E-state index is 0.0733. The van der Waals surface area contributed by atoms with Gasteiger partial charge in [0.15, 0.2) is 0 Å². The first-order valence-electron chi connectivity index (χ1n) is 5.45. The zero-order valence-corrected chi connectivity index (χ0v) is 10.7. The molecule has 1 atom stereocenters. The third-order valence-corrected chi connectivity index (χ3v) is 2.96. The Labute approximate surface area is 105 Å². The van der Waals surface area contributed by atoms with Crippen LogP contribution in [0.25, 0.3) is 11.0 Å². The van der Waals surface area contributed by atoms with Gasteiger partial charge in [0.25, 0.3) is 0 Å². The van der Waals surface area contributed by atoms with Gasteiger partial charge >= 0.3 is 0 Å². The summed E-state index contributed by atoms with van der Waals surface area (Å²) < 4.78 is 5.63. The van der Waals surface area contributed by atoms with Crippen molar-refractivity contribution < 1.29 is 4.74 Å². The number of fused-ring (bicyclic) bond motifs is 1. The predicted molar refractivity (Wildman–Crippen MR) is 72.3 cm³/mol. The van der Waals surface area contributed by atoms with Gasteiger partial charge in [-0.05, 0) is 19.1 Å². The highest BCUT2D eigenvalue weighted by atomic mass is 32.1. The molecule has 2 rings (SSSR count). The summed E-state index contributed by atoms with van der Waals surface area (Å²) in [5, 5.41) is 0. The summed E-state index contributed by atoms with van der Waals surface area (Å²) in [6.07, 6.45) is 0. The topological polar surface area (TPSA) is 63.9 Å². The minimum Gasteiger partial charge on any atom is -0.493 e. The number of aryl methyl sites for hydroxylation is 1. The van der Waals surface area contributed by atoms with Crippen molar-refractivity contribution in [2.24, 2.45) is 11.7 Å². The molecule has 4 nitrogen and oxygen atoms in total. The number of ether oxygens (including phenoxy) is 1. The molecule has 0 saturated carbocycles. The van der Waals surface area contributed by atoms with Crippen LogP contribution in [-0.4, -0.2) is 21.6 Å². The van der Waals surface area contributed by atoms with Crippen LogP contribution in [0.15, 0.2) is 18.2 Å². The highest BCUT2D eigenvalue weighted by Gasteiger charge is 2.07. The molecular weight excluding hydrogens is 234 g/mol. The summed E-state index contributed by atoms with van der Waals surface area (Å²) in [7, 11) is 0. The van der Waals surface area contributed by atoms with Crippen LogP contribution in [0.3, 0.4) is 0 Å². The van der Waals surface area contributed by atoms with Gasteiger partial charge in [-0.3, -0.25) is 0 Å². The molecule has 90 valence electrons. The van der Waals surface area contributed by atoms with E-state index in [9.17, 15) is 0 Å². The smallest absolute Gasteiger partial charge is 0.121 e. The van der Waals surface area contributed by atoms with E-state index in [4.69, 9.17) is 22.7 Å². The maximum atomic E-state index is 5.63. The number of aromatic nitrogens is 2. The van der Waals surface area contributed by atoms with Gasteiger partial charge in [-0.2, -0.15) is 0 Å². The summed E-state index contributed by atoms with van der Waals surface area (Å²) in [6, 6.07) is 5.76. The van der Waals surface area contributed by atoms with Crippen molar-refractivity contribution >= 4 is 28.2 Å². The molecule has 0 aliphatic carbocycles. The number of imidazole rings is 1. The summed E-state index contributed by atoms with van der Waals surface area (Å²) in [6.45, 7) is 4.37. The third kappa shape index (κ3) is 2.74. The van der Waals surface area contributed by atoms with Crippen LogP contribution in [0.5, 0.6) is 5.75 Å². The van der Waals surface area contributed by atoms with Gasteiger partial charge in [-0.25, -0.2) is 4.98 Å². The van der Waals surface area contributed by atoms with Crippen molar-refractivity contribution in [3.63, 3.8) is 0 Å². The largest absolute Gasteiger partial charge is 0.493 e. The second kappa shape index (κ2) is 4.71. The molecule has 0 spiro atoms. The van der Waals surface area contributed by atoms with E-state index in [0.29, 0.717) is 11.6 Å². The highest BCUT2D eigenvalue weighted by Crippen LogP contribution is 2.19. The summed E-state index contributed by atoms with van der Waals surface area (Å²) in [4.78, 5) is 7.97. The van der Waals surface area contributed by atoms with Crippen molar-refractivity contribution in [2.45, 2.75) is 13.8 Å². The predicted octanol–water partition coefficient (Wildman–Crippen LogP) is 2.17. The standard InChI is InChI=1S/C12H15N3OS/c1-7(12(13)17)6-16-9-3-4-10-11(5-9)15-8(2)14-10/h3-5,7H,6H2,1-2H3,(H2,13,17)(H,14,15). The molecular formula is C12H15N3OS. The maximum Gasteiger partial charge on any atom is 0.121 e. The van der Waals surface area contributed by atoms with Crippen molar-refractivity contribution in [2.75, 3.05) is 6.61 Å². The fourth-order valence-corrected chi connectivity index (χ4v) is 1.58. The van der Waals surface area contributed by atoms with Gasteiger partial charge in [0, 0.05) is 12.0 Å². The zero-order chi connectivity index (χ0) is 12.4. The molecule has 0 amide bonds. The lowest BCUT2D eigenvalue weighted by Gasteiger charge is -2.11. The van der Waals surface area contributed by atoms with Crippen LogP contribution in [-0.2, 0) is 0 Å². The van der Waals surface area contributed by atoms with Crippen LogP contribution < -0.4 is 10.5 Å². The van der Waals surface area contributed by atoms with Crippen LogP contribution in [0, 0.1) is 12.8 Å². The first-order valence-corrected chi connectivity index (χ1v) is 5.85. The van der Waals surface area contributed by atoms with E-state index in [-0.39, 0.29) is 5.92 Å². The normalized spacial score (nSPS) is 12.6. The molecule has 0 aliphatic heterocycles. The average Bonchev–Trinajstić information content (AvgIpc) is 2.64. The molecule has 1 aromatic heterocycles. The molecule has 0 bridgehead atoms. The number of aromatic amines is 1. The maximum absolute atomic E-state index is 5.63. The Morgan fingerprint density at radius 1 is 1.59 bits per heavy atom. The highest BCUT2D eigenvalue weighted by molar-refractivity contribution is 7.80. The molecule has 0 radical (unpaired) electrons. The lowest BCUT2D eigenvalue weighted by Crippen LogP contribution is -2.23. The fraction of sp³-hybridized carbons (Fsp3) is 0.333. The van der Waals surface area contributed by atoms with Gasteiger partial charge in [0.2, 0.25) is 0 Å². The number of hydrogen-bond donors (Lipinski definition) is 2. The molecule has 0 fully saturated rings. The van der Waals surface area contributed by atoms with Gasteiger partial charge in [-0.1, -0.05) is 19.1 Å². The number of rotatable bonds is 4. The van der Waals surface area contributed by atoms with Crippen molar-refractivity contribution in [1.82, 2.24) is 9.97 Å². The van der Waals surface area contributed by atoms with Crippen LogP contribution >= 0.6 is 12.2 Å². The second-order valence-electron chi connectivity index (χ2n) is 4.12. The lowest BCUT2D eigenvalue weighted by molar-refractivity contribution is 0.294. The number of thiocarbonyl (C=S) groups is 1. The minimum absolute atomic E-state index is 0.0733. The molecule has 1 unspecified atom stereocenters. The van der Waals surface area contributed by atoms with Gasteiger partial charge in [0.05, 0.1) is 22.6 Å². The number of nitrogens with zero attached hydrogens (tertiary/aromatic N) is 1. The number of benzene rings is 1. The van der Waals surface area contributed by atoms with Crippen molar-refractivity contribution in [3.8, 4) is 5.75 Å². The molecule has 1 heterocycles. The molecule has 0 aliphatic rings. The monoisotopic (exact) mass is 249 g/mol. The Bertz CT molecular complexity index is 550. The molecule has 3 N–H and O–H groups in total. The summed E-state index contributed by atoms with van der Waals surface area (Å²) in [5.74, 6) is 1.77. The lowest BCUT2D eigenvalue weighted by atomic mass is 10.2. The number of nitrogens with one attached hydrogen (secondary N) is 1. The number of hydrogen-bond acceptors (Lipinski definition) is 3. The third-order valence-electron chi connectivity index (χ3n) is 2.56. The summed E-state index contributed by atoms with van der Waals surface area (Å²) >= 11 is 4.90. The van der Waals surface area contributed by atoms with E-state index >= 15 is 0 Å². The van der Waals surface area contributed by atoms with E-state index in [1.54, 1.807) is 0 Å². The van der Waals surface area contributed by atoms with Gasteiger partial charge < -0.3 is 15.5 Å². The fourth-order valence-electron chi connectivity index (χ4n) is 1.51. The second-order valence-corrected chi connectivity index (χ2v) is 4.59. The van der Waals surface area contributed by atoms with E-state index in [1.165, 1.54) is 0 Å².